The van der Waals surface area contributed by atoms with Gasteiger partial charge in [-0.25, -0.2) is 0 Å². The van der Waals surface area contributed by atoms with E-state index in [-0.39, 0.29) is 5.91 Å². The summed E-state index contributed by atoms with van der Waals surface area (Å²) < 4.78 is 15.9. The molecule has 2 amide bonds. The van der Waals surface area contributed by atoms with Gasteiger partial charge in [0.1, 0.15) is 0 Å². The molecule has 0 atom stereocenters. The van der Waals surface area contributed by atoms with Crippen LogP contribution in [0.4, 0.5) is 0 Å². The number of benzene rings is 1. The number of aromatic nitrogens is 2. The highest BCUT2D eigenvalue weighted by Crippen LogP contribution is 2.35. The van der Waals surface area contributed by atoms with Crippen LogP contribution in [0.15, 0.2) is 28.7 Å². The van der Waals surface area contributed by atoms with Gasteiger partial charge < -0.3 is 24.5 Å². The van der Waals surface area contributed by atoms with Crippen LogP contribution in [0.1, 0.15) is 70.6 Å². The number of nitrogens with one attached hydrogen (secondary N) is 2. The van der Waals surface area contributed by atoms with E-state index in [4.69, 9.17) is 13.9 Å². The van der Waals surface area contributed by atoms with E-state index in [1.165, 1.54) is 12.8 Å². The Hall–Kier alpha value is -2.78. The Morgan fingerprint density at radius 2 is 1.58 bits per heavy atom. The van der Waals surface area contributed by atoms with Gasteiger partial charge in [0.15, 0.2) is 0 Å². The number of carbonyl (C=O) groups is 2. The molecule has 0 saturated heterocycles. The second-order valence-electron chi connectivity index (χ2n) is 10.5. The summed E-state index contributed by atoms with van der Waals surface area (Å²) in [7, 11) is 0. The molecule has 9 heteroatoms. The van der Waals surface area contributed by atoms with Crippen LogP contribution < -0.4 is 10.6 Å². The fourth-order valence-corrected chi connectivity index (χ4v) is 3.59. The highest BCUT2D eigenvalue weighted by atomic mass is 16.5. The molecule has 1 aromatic heterocycles. The van der Waals surface area contributed by atoms with Gasteiger partial charge in [0.25, 0.3) is 5.91 Å². The van der Waals surface area contributed by atoms with Crippen LogP contribution in [0.5, 0.6) is 0 Å². The maximum absolute atomic E-state index is 12.1. The summed E-state index contributed by atoms with van der Waals surface area (Å²) in [4.78, 5) is 22.1. The molecule has 1 heterocycles. The average Bonchev–Trinajstić information content (AvgIpc) is 3.25. The van der Waals surface area contributed by atoms with E-state index >= 15 is 0 Å². The lowest BCUT2D eigenvalue weighted by atomic mass is 9.75. The first kappa shape index (κ1) is 31.3. The zero-order valence-electron chi connectivity index (χ0n) is 23.0. The van der Waals surface area contributed by atoms with Crippen LogP contribution in [0.2, 0.25) is 0 Å². The van der Waals surface area contributed by atoms with Gasteiger partial charge in [0.05, 0.1) is 26.4 Å². The molecule has 0 bridgehead atoms. The summed E-state index contributed by atoms with van der Waals surface area (Å²) in [5.74, 6) is 0.731. The van der Waals surface area contributed by atoms with E-state index in [1.54, 1.807) is 31.2 Å². The Labute approximate surface area is 215 Å². The largest absolute Gasteiger partial charge is 0.421 e. The Bertz CT molecular complexity index is 888. The van der Waals surface area contributed by atoms with Crippen molar-refractivity contribution in [2.45, 2.75) is 61.3 Å². The SMILES string of the molecule is CCC(C)(C)CC(C)(C)C.Cc1nnc(-c2ccc(C(=O)NCCOCCOCCNC=O)cc2)o1. The molecule has 2 aromatic rings. The van der Waals surface area contributed by atoms with Crippen LogP contribution in [-0.2, 0) is 14.3 Å². The van der Waals surface area contributed by atoms with Crippen molar-refractivity contribution in [3.8, 4) is 11.5 Å². The summed E-state index contributed by atoms with van der Waals surface area (Å²) >= 11 is 0. The molecule has 1 aromatic carbocycles. The molecule has 9 nitrogen and oxygen atoms in total. The van der Waals surface area contributed by atoms with E-state index in [1.807, 2.05) is 0 Å². The first-order valence-corrected chi connectivity index (χ1v) is 12.5. The molecule has 202 valence electrons. The van der Waals surface area contributed by atoms with Crippen molar-refractivity contribution in [1.82, 2.24) is 20.8 Å². The first-order chi connectivity index (χ1) is 17.0. The van der Waals surface area contributed by atoms with Gasteiger partial charge in [-0.1, -0.05) is 48.0 Å². The maximum atomic E-state index is 12.1. The van der Waals surface area contributed by atoms with Crippen LogP contribution in [0.3, 0.4) is 0 Å². The normalized spacial score (nSPS) is 11.4. The zero-order valence-corrected chi connectivity index (χ0v) is 23.0. The summed E-state index contributed by atoms with van der Waals surface area (Å²) in [5.41, 5.74) is 2.31. The molecular weight excluding hydrogens is 460 g/mol. The second-order valence-corrected chi connectivity index (χ2v) is 10.5. The molecule has 0 saturated carbocycles. The number of carbonyl (C=O) groups excluding carboxylic acids is 2. The Morgan fingerprint density at radius 3 is 2.06 bits per heavy atom. The van der Waals surface area contributed by atoms with Gasteiger partial charge in [-0.3, -0.25) is 9.59 Å². The van der Waals surface area contributed by atoms with E-state index in [0.29, 0.717) is 74.1 Å². The van der Waals surface area contributed by atoms with Crippen LogP contribution in [0.25, 0.3) is 11.5 Å². The van der Waals surface area contributed by atoms with Crippen LogP contribution in [0, 0.1) is 17.8 Å². The highest BCUT2D eigenvalue weighted by molar-refractivity contribution is 5.94. The van der Waals surface area contributed by atoms with Gasteiger partial charge in [-0.15, -0.1) is 10.2 Å². The van der Waals surface area contributed by atoms with E-state index in [2.05, 4.69) is 62.4 Å². The predicted molar refractivity (Wildman–Crippen MR) is 141 cm³/mol. The minimum absolute atomic E-state index is 0.182. The van der Waals surface area contributed by atoms with Crippen molar-refractivity contribution in [1.29, 1.82) is 0 Å². The average molecular weight is 505 g/mol. The quantitative estimate of drug-likeness (QED) is 0.289. The molecule has 0 aliphatic carbocycles. The van der Waals surface area contributed by atoms with Gasteiger partial charge in [-0.2, -0.15) is 0 Å². The topological polar surface area (TPSA) is 116 Å². The number of hydrogen-bond acceptors (Lipinski definition) is 7. The minimum atomic E-state index is -0.182. The lowest BCUT2D eigenvalue weighted by Gasteiger charge is -2.31. The molecule has 0 fully saturated rings. The lowest BCUT2D eigenvalue weighted by molar-refractivity contribution is -0.109. The molecule has 0 aliphatic rings. The zero-order chi connectivity index (χ0) is 27.0. The van der Waals surface area contributed by atoms with Crippen molar-refractivity contribution in [3.63, 3.8) is 0 Å². The molecule has 0 radical (unpaired) electrons. The van der Waals surface area contributed by atoms with E-state index in [9.17, 15) is 9.59 Å². The first-order valence-electron chi connectivity index (χ1n) is 12.5. The number of aryl methyl sites for hydroxylation is 1. The minimum Gasteiger partial charge on any atom is -0.421 e. The summed E-state index contributed by atoms with van der Waals surface area (Å²) in [6.07, 6.45) is 3.23. The molecule has 2 N–H and O–H groups in total. The third kappa shape index (κ3) is 13.9. The third-order valence-corrected chi connectivity index (χ3v) is 5.26. The van der Waals surface area contributed by atoms with Crippen LogP contribution >= 0.6 is 0 Å². The van der Waals surface area contributed by atoms with E-state index in [0.717, 1.165) is 5.56 Å². The molecular formula is C27H44N4O5. The highest BCUT2D eigenvalue weighted by Gasteiger charge is 2.23. The second kappa shape index (κ2) is 16.1. The number of rotatable bonds is 14. The monoisotopic (exact) mass is 504 g/mol. The van der Waals surface area contributed by atoms with Crippen molar-refractivity contribution in [3.05, 3.63) is 35.7 Å². The maximum Gasteiger partial charge on any atom is 0.251 e. The summed E-state index contributed by atoms with van der Waals surface area (Å²) in [6, 6.07) is 6.92. The van der Waals surface area contributed by atoms with Gasteiger partial charge >= 0.3 is 0 Å². The van der Waals surface area contributed by atoms with Crippen LogP contribution in [-0.4, -0.2) is 62.0 Å². The molecule has 0 aliphatic heterocycles. The van der Waals surface area contributed by atoms with E-state index < -0.39 is 0 Å². The smallest absolute Gasteiger partial charge is 0.251 e. The molecule has 0 spiro atoms. The molecule has 36 heavy (non-hydrogen) atoms. The van der Waals surface area contributed by atoms with Crippen molar-refractivity contribution < 1.29 is 23.5 Å². The number of amides is 2. The van der Waals surface area contributed by atoms with Gasteiger partial charge in [-0.05, 0) is 41.5 Å². The number of hydrogen-bond donors (Lipinski definition) is 2. The van der Waals surface area contributed by atoms with Crippen molar-refractivity contribution in [2.75, 3.05) is 39.5 Å². The summed E-state index contributed by atoms with van der Waals surface area (Å²) in [5, 5.41) is 13.0. The van der Waals surface area contributed by atoms with Gasteiger partial charge in [0.2, 0.25) is 18.2 Å². The fourth-order valence-electron chi connectivity index (χ4n) is 3.59. The fraction of sp³-hybridized carbons (Fsp3) is 0.630. The molecule has 2 rings (SSSR count). The Kier molecular flexibility index (Phi) is 13.9. The van der Waals surface area contributed by atoms with Crippen molar-refractivity contribution >= 4 is 12.3 Å². The molecule has 0 unspecified atom stereocenters. The Balaban J connectivity index is 0.000000548. The predicted octanol–water partition coefficient (Wildman–Crippen LogP) is 4.41. The Morgan fingerprint density at radius 1 is 0.972 bits per heavy atom. The number of nitrogens with zero attached hydrogens (tertiary/aromatic N) is 2. The van der Waals surface area contributed by atoms with Crippen molar-refractivity contribution in [2.24, 2.45) is 10.8 Å². The standard InChI is InChI=1S/C17H22N4O5.C10H22/c1-13-20-21-17(26-13)15-4-2-14(3-5-15)16(23)19-7-9-25-11-10-24-8-6-18-12-22;1-7-10(5,6)8-9(2,3)4/h2-5,12H,6-11H2,1H3,(H,18,22)(H,19,23);7-8H2,1-6H3. The summed E-state index contributed by atoms with van der Waals surface area (Å²) in [6.45, 7) is 18.2. The number of ether oxygens (including phenoxy) is 2. The van der Waals surface area contributed by atoms with Gasteiger partial charge in [0, 0.05) is 31.1 Å². The third-order valence-electron chi connectivity index (χ3n) is 5.26. The lowest BCUT2D eigenvalue weighted by Crippen LogP contribution is -2.27.